The average Bonchev–Trinajstić information content (AvgIpc) is 2.36. The molecule has 0 bridgehead atoms. The van der Waals surface area contributed by atoms with E-state index in [0.29, 0.717) is 15.6 Å². The summed E-state index contributed by atoms with van der Waals surface area (Å²) in [6.45, 7) is 3.99. The Bertz CT molecular complexity index is 540. The van der Waals surface area contributed by atoms with Crippen LogP contribution in [0.5, 0.6) is 0 Å². The van der Waals surface area contributed by atoms with Crippen LogP contribution in [-0.4, -0.2) is 5.78 Å². The lowest BCUT2D eigenvalue weighted by Crippen LogP contribution is -1.95. The second-order valence-corrected chi connectivity index (χ2v) is 4.78. The zero-order valence-electron chi connectivity index (χ0n) is 11.0. The van der Waals surface area contributed by atoms with E-state index < -0.39 is 0 Å². The van der Waals surface area contributed by atoms with E-state index in [1.807, 2.05) is 25.2 Å². The Labute approximate surface area is 124 Å². The van der Waals surface area contributed by atoms with Gasteiger partial charge in [0, 0.05) is 10.6 Å². The fourth-order valence-corrected chi connectivity index (χ4v) is 2.07. The predicted molar refractivity (Wildman–Crippen MR) is 83.1 cm³/mol. The number of hydrogen-bond acceptors (Lipinski definition) is 1. The summed E-state index contributed by atoms with van der Waals surface area (Å²) < 4.78 is 0. The van der Waals surface area contributed by atoms with Crippen molar-refractivity contribution < 1.29 is 4.79 Å². The van der Waals surface area contributed by atoms with Crippen LogP contribution in [0.2, 0.25) is 10.0 Å². The molecule has 0 spiro atoms. The Hall–Kier alpha value is -1.31. The van der Waals surface area contributed by atoms with Gasteiger partial charge in [-0.25, -0.2) is 0 Å². The number of carbonyl (C=O) groups is 1. The van der Waals surface area contributed by atoms with E-state index in [-0.39, 0.29) is 5.78 Å². The highest BCUT2D eigenvalue weighted by molar-refractivity contribution is 6.37. The van der Waals surface area contributed by atoms with Crippen molar-refractivity contribution >= 4 is 29.0 Å². The summed E-state index contributed by atoms with van der Waals surface area (Å²) in [5.74, 6) is -0.131. The number of ketones is 1. The molecule has 0 aliphatic heterocycles. The normalized spacial score (nSPS) is 12.5. The second-order valence-electron chi connectivity index (χ2n) is 3.93. The Morgan fingerprint density at radius 2 is 1.95 bits per heavy atom. The largest absolute Gasteiger partial charge is 0.289 e. The summed E-state index contributed by atoms with van der Waals surface area (Å²) in [4.78, 5) is 12.0. The highest BCUT2D eigenvalue weighted by Gasteiger charge is 2.07. The highest BCUT2D eigenvalue weighted by atomic mass is 35.5. The van der Waals surface area contributed by atoms with Crippen molar-refractivity contribution in [1.82, 2.24) is 0 Å². The van der Waals surface area contributed by atoms with Crippen LogP contribution in [0, 0.1) is 0 Å². The molecule has 0 aromatic heterocycles. The minimum absolute atomic E-state index is 0.131. The third-order valence-electron chi connectivity index (χ3n) is 2.42. The molecule has 0 radical (unpaired) electrons. The van der Waals surface area contributed by atoms with E-state index >= 15 is 0 Å². The van der Waals surface area contributed by atoms with E-state index in [9.17, 15) is 4.79 Å². The number of hydrogen-bond donors (Lipinski definition) is 0. The topological polar surface area (TPSA) is 17.1 Å². The molecule has 0 N–H and O–H groups in total. The van der Waals surface area contributed by atoms with E-state index in [0.717, 1.165) is 12.0 Å². The summed E-state index contributed by atoms with van der Waals surface area (Å²) in [5.41, 5.74) is 1.46. The van der Waals surface area contributed by atoms with Crippen molar-refractivity contribution in [3.63, 3.8) is 0 Å². The van der Waals surface area contributed by atoms with Gasteiger partial charge in [-0.1, -0.05) is 54.4 Å². The Morgan fingerprint density at radius 1 is 1.21 bits per heavy atom. The van der Waals surface area contributed by atoms with Crippen LogP contribution < -0.4 is 0 Å². The maximum absolute atomic E-state index is 12.0. The Morgan fingerprint density at radius 3 is 2.53 bits per heavy atom. The smallest absolute Gasteiger partial charge is 0.187 e. The van der Waals surface area contributed by atoms with Crippen LogP contribution in [0.1, 0.15) is 30.6 Å². The number of halogens is 2. The van der Waals surface area contributed by atoms with E-state index in [4.69, 9.17) is 23.2 Å². The molecular weight excluding hydrogens is 279 g/mol. The van der Waals surface area contributed by atoms with Crippen LogP contribution in [0.3, 0.4) is 0 Å². The molecule has 0 fully saturated rings. The molecule has 1 aromatic carbocycles. The first kappa shape index (κ1) is 15.7. The SMILES string of the molecule is C\C=C/C(/C=C/C(=O)c1ccc(Cl)cc1Cl)=C\CC. The molecule has 0 saturated carbocycles. The molecule has 0 heterocycles. The minimum atomic E-state index is -0.131. The molecule has 1 aromatic rings. The fourth-order valence-electron chi connectivity index (χ4n) is 1.57. The van der Waals surface area contributed by atoms with Gasteiger partial charge in [0.05, 0.1) is 5.02 Å². The van der Waals surface area contributed by atoms with Crippen LogP contribution in [0.4, 0.5) is 0 Å². The fraction of sp³-hybridized carbons (Fsp3) is 0.188. The third-order valence-corrected chi connectivity index (χ3v) is 2.97. The van der Waals surface area contributed by atoms with Gasteiger partial charge in [0.1, 0.15) is 0 Å². The van der Waals surface area contributed by atoms with Crippen LogP contribution >= 0.6 is 23.2 Å². The van der Waals surface area contributed by atoms with Gasteiger partial charge in [-0.05, 0) is 43.2 Å². The lowest BCUT2D eigenvalue weighted by atomic mass is 10.1. The molecule has 0 atom stereocenters. The van der Waals surface area contributed by atoms with Gasteiger partial charge in [-0.2, -0.15) is 0 Å². The number of allylic oxidation sites excluding steroid dienone is 6. The maximum Gasteiger partial charge on any atom is 0.187 e. The highest BCUT2D eigenvalue weighted by Crippen LogP contribution is 2.21. The summed E-state index contributed by atoms with van der Waals surface area (Å²) in [5, 5.41) is 0.889. The van der Waals surface area contributed by atoms with Gasteiger partial charge in [0.15, 0.2) is 5.78 Å². The molecule has 3 heteroatoms. The lowest BCUT2D eigenvalue weighted by Gasteiger charge is -2.00. The number of rotatable bonds is 5. The summed E-state index contributed by atoms with van der Waals surface area (Å²) >= 11 is 11.8. The first-order chi connectivity index (χ1) is 9.08. The molecule has 0 saturated heterocycles. The van der Waals surface area contributed by atoms with Gasteiger partial charge >= 0.3 is 0 Å². The van der Waals surface area contributed by atoms with Gasteiger partial charge in [-0.15, -0.1) is 0 Å². The molecule has 1 nitrogen and oxygen atoms in total. The van der Waals surface area contributed by atoms with Crippen molar-refractivity contribution in [1.29, 1.82) is 0 Å². The van der Waals surface area contributed by atoms with E-state index in [1.165, 1.54) is 6.08 Å². The van der Waals surface area contributed by atoms with E-state index in [2.05, 4.69) is 6.92 Å². The van der Waals surface area contributed by atoms with Gasteiger partial charge < -0.3 is 0 Å². The van der Waals surface area contributed by atoms with Crippen molar-refractivity contribution in [3.05, 3.63) is 69.8 Å². The van der Waals surface area contributed by atoms with Crippen LogP contribution in [0.15, 0.2) is 54.2 Å². The molecule has 0 aliphatic carbocycles. The molecule has 0 aliphatic rings. The average molecular weight is 295 g/mol. The number of carbonyl (C=O) groups excluding carboxylic acids is 1. The van der Waals surface area contributed by atoms with Crippen LogP contribution in [0.25, 0.3) is 0 Å². The van der Waals surface area contributed by atoms with Gasteiger partial charge in [-0.3, -0.25) is 4.79 Å². The molecule has 19 heavy (non-hydrogen) atoms. The standard InChI is InChI=1S/C16H16Cl2O/c1-3-5-12(6-4-2)7-10-16(19)14-9-8-13(17)11-15(14)18/h3,5-11H,4H2,1-2H3/b5-3-,10-7+,12-6+. The van der Waals surface area contributed by atoms with E-state index in [1.54, 1.807) is 24.3 Å². The van der Waals surface area contributed by atoms with Gasteiger partial charge in [0.25, 0.3) is 0 Å². The summed E-state index contributed by atoms with van der Waals surface area (Å²) in [7, 11) is 0. The lowest BCUT2D eigenvalue weighted by molar-refractivity contribution is 0.104. The molecule has 100 valence electrons. The monoisotopic (exact) mass is 294 g/mol. The maximum atomic E-state index is 12.0. The van der Waals surface area contributed by atoms with Crippen molar-refractivity contribution in [2.45, 2.75) is 20.3 Å². The van der Waals surface area contributed by atoms with Crippen molar-refractivity contribution in [3.8, 4) is 0 Å². The predicted octanol–water partition coefficient (Wildman–Crippen LogP) is 5.64. The first-order valence-electron chi connectivity index (χ1n) is 6.08. The second kappa shape index (κ2) is 7.98. The molecule has 0 unspecified atom stereocenters. The zero-order chi connectivity index (χ0) is 14.3. The minimum Gasteiger partial charge on any atom is -0.289 e. The molecule has 0 amide bonds. The summed E-state index contributed by atoms with van der Waals surface area (Å²) in [6, 6.07) is 4.86. The van der Waals surface area contributed by atoms with Crippen molar-refractivity contribution in [2.75, 3.05) is 0 Å². The third kappa shape index (κ3) is 5.06. The molecular formula is C16H16Cl2O. The van der Waals surface area contributed by atoms with Crippen molar-refractivity contribution in [2.24, 2.45) is 0 Å². The Kier molecular flexibility index (Phi) is 6.61. The van der Waals surface area contributed by atoms with Crippen LogP contribution in [-0.2, 0) is 0 Å². The summed E-state index contributed by atoms with van der Waals surface area (Å²) in [6.07, 6.45) is 10.2. The number of benzene rings is 1. The zero-order valence-corrected chi connectivity index (χ0v) is 12.5. The quantitative estimate of drug-likeness (QED) is 0.390. The Balaban J connectivity index is 2.92. The van der Waals surface area contributed by atoms with Gasteiger partial charge in [0.2, 0.25) is 0 Å². The first-order valence-corrected chi connectivity index (χ1v) is 6.84. The molecule has 1 rings (SSSR count).